The second-order valence-corrected chi connectivity index (χ2v) is 7.54. The van der Waals surface area contributed by atoms with Gasteiger partial charge in [0.05, 0.1) is 40.0 Å². The minimum atomic E-state index is -0.843. The molecule has 4 atom stereocenters. The van der Waals surface area contributed by atoms with E-state index in [-0.39, 0.29) is 31.2 Å². The van der Waals surface area contributed by atoms with E-state index in [1.807, 2.05) is 18.2 Å². The lowest BCUT2D eigenvalue weighted by molar-refractivity contribution is -0.141. The average Bonchev–Trinajstić information content (AvgIpc) is 3.38. The van der Waals surface area contributed by atoms with Crippen molar-refractivity contribution in [1.82, 2.24) is 0 Å². The fourth-order valence-electron chi connectivity index (χ4n) is 4.81. The van der Waals surface area contributed by atoms with Crippen molar-refractivity contribution in [3.8, 4) is 28.7 Å². The van der Waals surface area contributed by atoms with Gasteiger partial charge in [-0.15, -0.1) is 0 Å². The molecule has 5 rings (SSSR count). The van der Waals surface area contributed by atoms with Crippen LogP contribution in [0.1, 0.15) is 28.7 Å². The van der Waals surface area contributed by atoms with E-state index in [4.69, 9.17) is 28.4 Å². The van der Waals surface area contributed by atoms with Crippen LogP contribution in [0.15, 0.2) is 24.3 Å². The molecule has 1 saturated heterocycles. The Kier molecular flexibility index (Phi) is 4.39. The number of ether oxygens (including phenoxy) is 6. The van der Waals surface area contributed by atoms with E-state index < -0.39 is 12.0 Å². The summed E-state index contributed by atoms with van der Waals surface area (Å²) in [5.74, 6) is 0.989. The summed E-state index contributed by atoms with van der Waals surface area (Å²) in [7, 11) is 4.63. The molecule has 158 valence electrons. The summed E-state index contributed by atoms with van der Waals surface area (Å²) in [4.78, 5) is 12.7. The van der Waals surface area contributed by atoms with Gasteiger partial charge in [0.1, 0.15) is 0 Å². The van der Waals surface area contributed by atoms with Gasteiger partial charge in [0.25, 0.3) is 0 Å². The first-order chi connectivity index (χ1) is 14.6. The molecule has 0 radical (unpaired) electrons. The van der Waals surface area contributed by atoms with E-state index in [1.54, 1.807) is 20.3 Å². The van der Waals surface area contributed by atoms with Crippen molar-refractivity contribution in [1.29, 1.82) is 0 Å². The summed E-state index contributed by atoms with van der Waals surface area (Å²) in [5, 5.41) is 11.0. The van der Waals surface area contributed by atoms with Crippen LogP contribution < -0.4 is 23.7 Å². The maximum atomic E-state index is 12.7. The largest absolute Gasteiger partial charge is 0.493 e. The van der Waals surface area contributed by atoms with Gasteiger partial charge in [-0.3, -0.25) is 4.79 Å². The first-order valence-corrected chi connectivity index (χ1v) is 9.65. The van der Waals surface area contributed by atoms with Crippen LogP contribution in [-0.4, -0.2) is 45.8 Å². The van der Waals surface area contributed by atoms with Crippen LogP contribution in [0, 0.1) is 11.8 Å². The summed E-state index contributed by atoms with van der Waals surface area (Å²) < 4.78 is 32.9. The van der Waals surface area contributed by atoms with E-state index >= 15 is 0 Å². The summed E-state index contributed by atoms with van der Waals surface area (Å²) in [5.41, 5.74) is 2.30. The molecule has 0 bridgehead atoms. The van der Waals surface area contributed by atoms with Gasteiger partial charge >= 0.3 is 5.97 Å². The van der Waals surface area contributed by atoms with Crippen LogP contribution in [0.25, 0.3) is 0 Å². The third kappa shape index (κ3) is 2.60. The number of hydrogen-bond donors (Lipinski definition) is 1. The fourth-order valence-corrected chi connectivity index (χ4v) is 4.81. The Morgan fingerprint density at radius 2 is 1.53 bits per heavy atom. The second kappa shape index (κ2) is 6.98. The summed E-state index contributed by atoms with van der Waals surface area (Å²) in [6.07, 6.45) is -0.843. The molecule has 0 unspecified atom stereocenters. The maximum absolute atomic E-state index is 12.7. The van der Waals surface area contributed by atoms with Crippen molar-refractivity contribution in [2.24, 2.45) is 11.8 Å². The molecule has 0 aromatic heterocycles. The highest BCUT2D eigenvalue weighted by Crippen LogP contribution is 2.55. The van der Waals surface area contributed by atoms with Crippen LogP contribution in [0.2, 0.25) is 0 Å². The SMILES string of the molecule is COc1cc([C@H]2c3cc4c(cc3[C@@H](O)[C@H]3COC(=O)[C@H]23)OCO4)cc(OC)c1OC. The van der Waals surface area contributed by atoms with Crippen molar-refractivity contribution in [3.63, 3.8) is 0 Å². The Morgan fingerprint density at radius 1 is 0.900 bits per heavy atom. The zero-order valence-electron chi connectivity index (χ0n) is 16.8. The monoisotopic (exact) mass is 414 g/mol. The number of aliphatic hydroxyl groups excluding tert-OH is 1. The Labute approximate surface area is 173 Å². The normalized spacial score (nSPS) is 25.9. The Bertz CT molecular complexity index is 991. The molecule has 0 spiro atoms. The van der Waals surface area contributed by atoms with E-state index in [1.165, 1.54) is 7.11 Å². The molecular weight excluding hydrogens is 392 g/mol. The molecule has 1 aliphatic carbocycles. The zero-order chi connectivity index (χ0) is 21.0. The zero-order valence-corrected chi connectivity index (χ0v) is 16.8. The highest BCUT2D eigenvalue weighted by molar-refractivity contribution is 5.79. The van der Waals surface area contributed by atoms with Crippen LogP contribution in [0.5, 0.6) is 28.7 Å². The average molecular weight is 414 g/mol. The van der Waals surface area contributed by atoms with Crippen LogP contribution in [-0.2, 0) is 9.53 Å². The van der Waals surface area contributed by atoms with Gasteiger partial charge in [-0.25, -0.2) is 0 Å². The lowest BCUT2D eigenvalue weighted by Gasteiger charge is -2.37. The second-order valence-electron chi connectivity index (χ2n) is 7.54. The third-order valence-electron chi connectivity index (χ3n) is 6.19. The van der Waals surface area contributed by atoms with Gasteiger partial charge in [-0.1, -0.05) is 0 Å². The van der Waals surface area contributed by atoms with E-state index in [0.29, 0.717) is 34.3 Å². The molecule has 30 heavy (non-hydrogen) atoms. The van der Waals surface area contributed by atoms with Gasteiger partial charge in [-0.2, -0.15) is 0 Å². The number of cyclic esters (lactones) is 1. The first-order valence-electron chi connectivity index (χ1n) is 9.65. The Morgan fingerprint density at radius 3 is 2.13 bits per heavy atom. The predicted octanol–water partition coefficient (Wildman–Crippen LogP) is 2.41. The number of methoxy groups -OCH3 is 3. The van der Waals surface area contributed by atoms with E-state index in [0.717, 1.165) is 11.1 Å². The van der Waals surface area contributed by atoms with Crippen molar-refractivity contribution in [2.45, 2.75) is 12.0 Å². The molecule has 3 aliphatic rings. The molecular formula is C22H22O8. The number of esters is 1. The standard InChI is InChI=1S/C22H22O8/c1-25-16-4-10(5-17(26-2)21(16)27-3)18-11-6-14-15(30-9-29-14)7-12(11)20(23)13-8-28-22(24)19(13)18/h4-7,13,18-20,23H,8-9H2,1-3H3/t13-,18-,19-,20+/m0/s1. The number of benzene rings is 2. The number of aliphatic hydroxyl groups is 1. The first kappa shape index (κ1) is 18.9. The number of fused-ring (bicyclic) bond motifs is 3. The molecule has 2 heterocycles. The fraction of sp³-hybridized carbons (Fsp3) is 0.409. The lowest BCUT2D eigenvalue weighted by Crippen LogP contribution is -2.34. The minimum absolute atomic E-state index is 0.123. The highest BCUT2D eigenvalue weighted by Gasteiger charge is 2.52. The predicted molar refractivity (Wildman–Crippen MR) is 103 cm³/mol. The molecule has 8 heteroatoms. The topological polar surface area (TPSA) is 92.7 Å². The number of carbonyl (C=O) groups is 1. The van der Waals surface area contributed by atoms with Gasteiger partial charge in [0, 0.05) is 11.8 Å². The number of rotatable bonds is 4. The highest BCUT2D eigenvalue weighted by atomic mass is 16.7. The smallest absolute Gasteiger partial charge is 0.310 e. The molecule has 0 saturated carbocycles. The molecule has 2 aliphatic heterocycles. The van der Waals surface area contributed by atoms with Crippen molar-refractivity contribution >= 4 is 5.97 Å². The van der Waals surface area contributed by atoms with Gasteiger partial charge in [-0.05, 0) is 41.0 Å². The van der Waals surface area contributed by atoms with Gasteiger partial charge in [0.2, 0.25) is 12.5 Å². The molecule has 2 aromatic rings. The Hall–Kier alpha value is -3.13. The summed E-state index contributed by atoms with van der Waals surface area (Å²) >= 11 is 0. The van der Waals surface area contributed by atoms with Crippen LogP contribution in [0.3, 0.4) is 0 Å². The van der Waals surface area contributed by atoms with Crippen LogP contribution in [0.4, 0.5) is 0 Å². The molecule has 8 nitrogen and oxygen atoms in total. The molecule has 0 amide bonds. The van der Waals surface area contributed by atoms with Crippen molar-refractivity contribution in [3.05, 3.63) is 41.0 Å². The van der Waals surface area contributed by atoms with Gasteiger partial charge in [0.15, 0.2) is 23.0 Å². The van der Waals surface area contributed by atoms with Crippen LogP contribution >= 0.6 is 0 Å². The number of hydrogen-bond acceptors (Lipinski definition) is 8. The molecule has 2 aromatic carbocycles. The summed E-state index contributed by atoms with van der Waals surface area (Å²) in [6, 6.07) is 7.31. The molecule has 1 fully saturated rings. The summed E-state index contributed by atoms with van der Waals surface area (Å²) in [6.45, 7) is 0.289. The third-order valence-corrected chi connectivity index (χ3v) is 6.19. The van der Waals surface area contributed by atoms with Crippen molar-refractivity contribution < 1.29 is 38.3 Å². The van der Waals surface area contributed by atoms with Gasteiger partial charge < -0.3 is 33.5 Å². The van der Waals surface area contributed by atoms with E-state index in [9.17, 15) is 9.90 Å². The lowest BCUT2D eigenvalue weighted by atomic mass is 9.66. The minimum Gasteiger partial charge on any atom is -0.493 e. The van der Waals surface area contributed by atoms with Crippen molar-refractivity contribution in [2.75, 3.05) is 34.7 Å². The Balaban J connectivity index is 1.74. The van der Waals surface area contributed by atoms with E-state index in [2.05, 4.69) is 0 Å². The maximum Gasteiger partial charge on any atom is 0.310 e. The molecule has 1 N–H and O–H groups in total. The quantitative estimate of drug-likeness (QED) is 0.763. The number of carbonyl (C=O) groups excluding carboxylic acids is 1.